The number of pyridine rings is 1. The highest BCUT2D eigenvalue weighted by Gasteiger charge is 2.73. The summed E-state index contributed by atoms with van der Waals surface area (Å²) in [5.41, 5.74) is 11.8. The number of aromatic nitrogens is 9. The van der Waals surface area contributed by atoms with E-state index in [1.165, 1.54) is 30.2 Å². The molecular formula is C89H125F2N11O10. The number of carboxylic acid groups (broad SMARTS) is 2. The highest BCUT2D eigenvalue weighted by Crippen LogP contribution is 2.79. The summed E-state index contributed by atoms with van der Waals surface area (Å²) in [6.07, 6.45) is 16.1. The van der Waals surface area contributed by atoms with E-state index in [0.717, 1.165) is 119 Å². The maximum absolute atomic E-state index is 16.5. The van der Waals surface area contributed by atoms with Crippen LogP contribution in [0.15, 0.2) is 46.8 Å². The molecule has 1 unspecified atom stereocenters. The summed E-state index contributed by atoms with van der Waals surface area (Å²) in [7, 11) is 0. The van der Waals surface area contributed by atoms with Crippen LogP contribution in [0.1, 0.15) is 263 Å². The van der Waals surface area contributed by atoms with Crippen LogP contribution in [-0.4, -0.2) is 115 Å². The predicted molar refractivity (Wildman–Crippen MR) is 418 cm³/mol. The van der Waals surface area contributed by atoms with Crippen molar-refractivity contribution in [2.45, 2.75) is 291 Å². The average molecular weight is 1550 g/mol. The molecule has 0 saturated heterocycles. The molecule has 4 aromatic rings. The van der Waals surface area contributed by atoms with Gasteiger partial charge in [-0.05, 0) is 227 Å². The normalized spacial score (nSPS) is 35.7. The zero-order valence-corrected chi connectivity index (χ0v) is 69.8. The summed E-state index contributed by atoms with van der Waals surface area (Å²) in [4.78, 5) is 96.7. The minimum atomic E-state index is -1.83. The van der Waals surface area contributed by atoms with Crippen molar-refractivity contribution in [2.24, 2.45) is 124 Å². The maximum atomic E-state index is 16.5. The first-order chi connectivity index (χ1) is 52.4. The first-order valence-corrected chi connectivity index (χ1v) is 42.2. The van der Waals surface area contributed by atoms with Crippen LogP contribution in [0.4, 0.5) is 8.78 Å². The largest absolute Gasteiger partial charge is 0.481 e. The lowest BCUT2D eigenvalue weighted by Crippen LogP contribution is -2.65. The molecule has 8 saturated carbocycles. The minimum absolute atomic E-state index is 0.00909. The highest BCUT2D eigenvalue weighted by atomic mass is 19.1. The fourth-order valence-electron chi connectivity index (χ4n) is 27.8. The number of carbonyl (C=O) groups is 6. The third-order valence-corrected chi connectivity index (χ3v) is 33.7. The van der Waals surface area contributed by atoms with Gasteiger partial charge in [0.05, 0.1) is 41.8 Å². The summed E-state index contributed by atoms with van der Waals surface area (Å²) < 4.78 is 47.3. The quantitative estimate of drug-likeness (QED) is 0.0531. The van der Waals surface area contributed by atoms with E-state index < -0.39 is 81.5 Å². The van der Waals surface area contributed by atoms with Crippen LogP contribution >= 0.6 is 0 Å². The number of nitrogens with zero attached hydrogens (tertiary/aromatic N) is 9. The number of hydrogen-bond acceptors (Lipinski definition) is 17. The van der Waals surface area contributed by atoms with Crippen molar-refractivity contribution < 1.29 is 57.2 Å². The SMILES string of the molecule is CC(C)C1=C2[C@H]3CC[C@@H]4[C@@]5(C)CC[C@H](OC(=O)CC(C)(C)C(=O)O)C(C)(C)[C@@H]5CC[C@@]4(C)[C@]3(C)CC[C@@]2(Cc2nnc(-c3ccc(F)c(CC(C)(CC(=O)O[C@H]4CC[C@]5(C)[C@H]6CC[C@@H]7C8=C(C(C)C)C(=O)C[C@]8(Cc8nnc(-c9ncc(F)cn9)n8CCN)CC[C@@]7(C)[C@]6(C)CC[C@H]5C4(C)C)C(=O)O)n3)n2CCN)CC1=O. The summed E-state index contributed by atoms with van der Waals surface area (Å²) in [6, 6.07) is 2.80. The number of aliphatic carboxylic acids is 2. The van der Waals surface area contributed by atoms with E-state index in [2.05, 4.69) is 112 Å². The molecular weight excluding hydrogens is 1420 g/mol. The van der Waals surface area contributed by atoms with Crippen LogP contribution in [0.5, 0.6) is 0 Å². The van der Waals surface area contributed by atoms with Crippen LogP contribution in [0.25, 0.3) is 23.2 Å². The van der Waals surface area contributed by atoms with Gasteiger partial charge in [-0.15, -0.1) is 20.4 Å². The van der Waals surface area contributed by atoms with E-state index >= 15 is 4.39 Å². The second-order valence-corrected chi connectivity index (χ2v) is 41.2. The standard InChI is InChI=1S/C89H125F2N11O10/c1-49(2)69-57(103)41-88(34-32-84(14)52(71(69)88)18-22-61-82(12)28-26-63(111-67(105)45-78(5,6)76(107)108)79(7,8)59(82)24-30-86(61,84)16)43-65-97-99-74(101(65)38-36-92)55-21-20-54(91)56(96-55)40-81(11,77(109)110)46-68(106)112-64-27-29-83(13)60(80(64,9)10)25-31-87(17)62(83)23-19-53-72-70(50(3)4)58(104)42-89(72,35-33-85(53,87)15)44-66-98-100-75(102(66)39-37-93)73-94-47-51(90)48-95-73/h20-21,47-50,52-53,59-64H,18-19,22-46,92-93H2,1-17H3,(H,107,108)(H,109,110)/t52-,53-,59+,60+,61-,62-,63+,64+,81?,82+,83+,84-,85-,86-,87-,88+,89+/m1/s1. The first-order valence-electron chi connectivity index (χ1n) is 42.2. The fraction of sp³-hybridized carbons (Fsp3) is 0.742. The highest BCUT2D eigenvalue weighted by molar-refractivity contribution is 6.01. The van der Waals surface area contributed by atoms with Crippen molar-refractivity contribution in [3.8, 4) is 23.2 Å². The van der Waals surface area contributed by atoms with Gasteiger partial charge in [0, 0.05) is 79.9 Å². The van der Waals surface area contributed by atoms with Gasteiger partial charge in [0.25, 0.3) is 0 Å². The molecule has 4 heterocycles. The Labute approximate surface area is 660 Å². The van der Waals surface area contributed by atoms with Crippen molar-refractivity contribution in [3.05, 3.63) is 75.8 Å². The van der Waals surface area contributed by atoms with Crippen LogP contribution in [0.3, 0.4) is 0 Å². The summed E-state index contributed by atoms with van der Waals surface area (Å²) in [6.45, 7) is 38.4. The molecule has 4 aromatic heterocycles. The molecule has 10 aliphatic carbocycles. The van der Waals surface area contributed by atoms with E-state index in [4.69, 9.17) is 41.2 Å². The van der Waals surface area contributed by atoms with Gasteiger partial charge in [0.15, 0.2) is 29.0 Å². The molecule has 0 bridgehead atoms. The van der Waals surface area contributed by atoms with Gasteiger partial charge in [-0.1, -0.05) is 108 Å². The molecule has 0 spiro atoms. The second kappa shape index (κ2) is 28.1. The number of carboxylic acids is 2. The lowest BCUT2D eigenvalue weighted by atomic mass is 9.33. The Bertz CT molecular complexity index is 4520. The Morgan fingerprint density at radius 3 is 1.44 bits per heavy atom. The van der Waals surface area contributed by atoms with E-state index in [1.807, 2.05) is 9.13 Å². The van der Waals surface area contributed by atoms with Gasteiger partial charge in [-0.2, -0.15) is 0 Å². The zero-order chi connectivity index (χ0) is 81.2. The lowest BCUT2D eigenvalue weighted by molar-refractivity contribution is -0.233. The number of ether oxygens (including phenoxy) is 2. The number of allylic oxidation sites excluding steroid dienone is 4. The molecule has 14 rings (SSSR count). The van der Waals surface area contributed by atoms with Crippen molar-refractivity contribution in [3.63, 3.8) is 0 Å². The maximum Gasteiger partial charge on any atom is 0.310 e. The number of fused-ring (bicyclic) bond motifs is 14. The van der Waals surface area contributed by atoms with Crippen LogP contribution < -0.4 is 11.5 Å². The number of esters is 2. The molecule has 112 heavy (non-hydrogen) atoms. The molecule has 0 aromatic carbocycles. The van der Waals surface area contributed by atoms with E-state index in [9.17, 15) is 43.4 Å². The van der Waals surface area contributed by atoms with E-state index in [0.29, 0.717) is 87.5 Å². The Morgan fingerprint density at radius 2 is 1.00 bits per heavy atom. The number of carbonyl (C=O) groups excluding carboxylic acids is 4. The number of rotatable bonds is 22. The molecule has 0 aliphatic heterocycles. The molecule has 6 N–H and O–H groups in total. The van der Waals surface area contributed by atoms with Gasteiger partial charge < -0.3 is 40.3 Å². The summed E-state index contributed by atoms with van der Waals surface area (Å²) in [5, 5.41) is 40.0. The molecule has 17 atom stereocenters. The Balaban J connectivity index is 0.665. The van der Waals surface area contributed by atoms with Gasteiger partial charge in [0.2, 0.25) is 5.82 Å². The molecule has 8 fully saturated rings. The summed E-state index contributed by atoms with van der Waals surface area (Å²) >= 11 is 0. The van der Waals surface area contributed by atoms with Crippen LogP contribution in [-0.2, 0) is 70.6 Å². The second-order valence-electron chi connectivity index (χ2n) is 41.2. The topological polar surface area (TPSA) is 313 Å². The third kappa shape index (κ3) is 12.5. The number of Topliss-reactive ketones (excluding diaryl/α,β-unsaturated/α-hetero) is 2. The van der Waals surface area contributed by atoms with Crippen LogP contribution in [0, 0.1) is 124 Å². The zero-order valence-electron chi connectivity index (χ0n) is 69.8. The van der Waals surface area contributed by atoms with Gasteiger partial charge >= 0.3 is 23.9 Å². The van der Waals surface area contributed by atoms with Gasteiger partial charge in [0.1, 0.15) is 35.4 Å². The van der Waals surface area contributed by atoms with Gasteiger partial charge in [-0.25, -0.2) is 23.7 Å². The number of nitrogens with two attached hydrogens (primary N) is 2. The van der Waals surface area contributed by atoms with Crippen molar-refractivity contribution in [1.82, 2.24) is 44.5 Å². The third-order valence-electron chi connectivity index (χ3n) is 33.7. The molecule has 610 valence electrons. The molecule has 10 aliphatic rings. The fourth-order valence-corrected chi connectivity index (χ4v) is 27.8. The molecule has 0 amide bonds. The van der Waals surface area contributed by atoms with Crippen molar-refractivity contribution in [1.29, 1.82) is 0 Å². The average Bonchev–Trinajstić information content (AvgIpc) is 1.13. The molecule has 21 nitrogen and oxygen atoms in total. The molecule has 0 radical (unpaired) electrons. The predicted octanol–water partition coefficient (Wildman–Crippen LogP) is 15.7. The van der Waals surface area contributed by atoms with Crippen LogP contribution in [0.2, 0.25) is 0 Å². The smallest absolute Gasteiger partial charge is 0.310 e. The Hall–Kier alpha value is -7.01. The van der Waals surface area contributed by atoms with Crippen molar-refractivity contribution in [2.75, 3.05) is 13.1 Å². The van der Waals surface area contributed by atoms with Crippen molar-refractivity contribution >= 4 is 35.4 Å². The first kappa shape index (κ1) is 81.6. The van der Waals surface area contributed by atoms with Gasteiger partial charge in [-0.3, -0.25) is 28.8 Å². The van der Waals surface area contributed by atoms with E-state index in [-0.39, 0.29) is 121 Å². The Kier molecular flexibility index (Phi) is 20.5. The lowest BCUT2D eigenvalue weighted by Gasteiger charge is -2.72. The monoisotopic (exact) mass is 1550 g/mol. The minimum Gasteiger partial charge on any atom is -0.481 e. The number of ketones is 2. The van der Waals surface area contributed by atoms with E-state index in [1.54, 1.807) is 13.8 Å². The molecule has 23 heteroatoms. The summed E-state index contributed by atoms with van der Waals surface area (Å²) in [5.74, 6) is -0.466. The Morgan fingerprint density at radius 1 is 0.554 bits per heavy atom. The number of hydrogen-bond donors (Lipinski definition) is 4. The number of halogens is 2.